The molecule has 0 amide bonds. The van der Waals surface area contributed by atoms with Crippen LogP contribution >= 0.6 is 0 Å². The summed E-state index contributed by atoms with van der Waals surface area (Å²) in [5.41, 5.74) is 3.93. The Kier molecular flexibility index (Phi) is 2.72. The van der Waals surface area contributed by atoms with Gasteiger partial charge in [-0.15, -0.1) is 0 Å². The van der Waals surface area contributed by atoms with E-state index in [2.05, 4.69) is 75.1 Å². The van der Waals surface area contributed by atoms with E-state index in [0.717, 1.165) is 6.42 Å². The first-order valence-electron chi connectivity index (χ1n) is 6.79. The molecule has 0 bridgehead atoms. The fourth-order valence-electron chi connectivity index (χ4n) is 2.51. The molecule has 1 aliphatic rings. The predicted octanol–water partition coefficient (Wildman–Crippen LogP) is 4.83. The SMILES string of the molecule is CC(C)(C)C#CC1=CCc2cccc3cccc1c23. The Morgan fingerprint density at radius 3 is 2.47 bits per heavy atom. The Morgan fingerprint density at radius 2 is 1.74 bits per heavy atom. The quantitative estimate of drug-likeness (QED) is 0.584. The van der Waals surface area contributed by atoms with E-state index in [4.69, 9.17) is 0 Å². The van der Waals surface area contributed by atoms with Gasteiger partial charge >= 0.3 is 0 Å². The molecular formula is C19H18. The molecule has 0 atom stereocenters. The van der Waals surface area contributed by atoms with E-state index in [1.807, 2.05) is 0 Å². The lowest BCUT2D eigenvalue weighted by molar-refractivity contribution is 0.571. The third-order valence-electron chi connectivity index (χ3n) is 3.38. The summed E-state index contributed by atoms with van der Waals surface area (Å²) < 4.78 is 0. The topological polar surface area (TPSA) is 0 Å². The lowest BCUT2D eigenvalue weighted by Crippen LogP contribution is -2.01. The van der Waals surface area contributed by atoms with E-state index < -0.39 is 0 Å². The first kappa shape index (κ1) is 12.1. The molecule has 0 fully saturated rings. The van der Waals surface area contributed by atoms with Gasteiger partial charge in [-0.3, -0.25) is 0 Å². The number of benzene rings is 2. The minimum Gasteiger partial charge on any atom is -0.0919 e. The van der Waals surface area contributed by atoms with Crippen LogP contribution in [0.3, 0.4) is 0 Å². The fourth-order valence-corrected chi connectivity index (χ4v) is 2.51. The molecule has 0 saturated heterocycles. The summed E-state index contributed by atoms with van der Waals surface area (Å²) in [7, 11) is 0. The molecule has 0 unspecified atom stereocenters. The Balaban J connectivity index is 2.18. The number of allylic oxidation sites excluding steroid dienone is 2. The molecule has 2 aromatic rings. The Hall–Kier alpha value is -2.00. The summed E-state index contributed by atoms with van der Waals surface area (Å²) in [4.78, 5) is 0. The molecule has 0 saturated carbocycles. The van der Waals surface area contributed by atoms with E-state index in [9.17, 15) is 0 Å². The molecule has 0 radical (unpaired) electrons. The van der Waals surface area contributed by atoms with Gasteiger partial charge in [0.05, 0.1) is 0 Å². The van der Waals surface area contributed by atoms with Crippen molar-refractivity contribution < 1.29 is 0 Å². The summed E-state index contributed by atoms with van der Waals surface area (Å²) in [6.45, 7) is 6.45. The summed E-state index contributed by atoms with van der Waals surface area (Å²) in [6.07, 6.45) is 3.25. The van der Waals surface area contributed by atoms with Gasteiger partial charge in [0.1, 0.15) is 0 Å². The number of rotatable bonds is 0. The van der Waals surface area contributed by atoms with E-state index in [1.54, 1.807) is 0 Å². The lowest BCUT2D eigenvalue weighted by atomic mass is 9.87. The molecule has 1 aliphatic carbocycles. The van der Waals surface area contributed by atoms with Crippen molar-refractivity contribution in [1.82, 2.24) is 0 Å². The van der Waals surface area contributed by atoms with Gasteiger partial charge in [-0.25, -0.2) is 0 Å². The van der Waals surface area contributed by atoms with E-state index in [-0.39, 0.29) is 5.41 Å². The third-order valence-corrected chi connectivity index (χ3v) is 3.38. The van der Waals surface area contributed by atoms with Crippen LogP contribution < -0.4 is 0 Å². The van der Waals surface area contributed by atoms with Crippen LogP contribution in [0.1, 0.15) is 31.9 Å². The van der Waals surface area contributed by atoms with Crippen LogP contribution in [0.25, 0.3) is 16.3 Å². The summed E-state index contributed by atoms with van der Waals surface area (Å²) in [5, 5.41) is 2.70. The highest BCUT2D eigenvalue weighted by molar-refractivity contribution is 6.01. The molecule has 3 rings (SSSR count). The monoisotopic (exact) mass is 246 g/mol. The van der Waals surface area contributed by atoms with Gasteiger partial charge in [0.25, 0.3) is 0 Å². The zero-order valence-electron chi connectivity index (χ0n) is 11.7. The highest BCUT2D eigenvalue weighted by atomic mass is 14.2. The molecule has 94 valence electrons. The van der Waals surface area contributed by atoms with Crippen molar-refractivity contribution in [2.24, 2.45) is 5.41 Å². The molecule has 0 heterocycles. The van der Waals surface area contributed by atoms with Gasteiger partial charge in [0, 0.05) is 11.0 Å². The maximum atomic E-state index is 3.37. The van der Waals surface area contributed by atoms with E-state index in [0.29, 0.717) is 0 Å². The predicted molar refractivity (Wildman–Crippen MR) is 82.9 cm³/mol. The smallest absolute Gasteiger partial charge is 0.0287 e. The normalized spacial score (nSPS) is 13.7. The van der Waals surface area contributed by atoms with Gasteiger partial charge in [0.2, 0.25) is 0 Å². The van der Waals surface area contributed by atoms with E-state index in [1.165, 1.54) is 27.5 Å². The van der Waals surface area contributed by atoms with Crippen molar-refractivity contribution in [2.45, 2.75) is 27.2 Å². The van der Waals surface area contributed by atoms with Crippen LogP contribution in [0.2, 0.25) is 0 Å². The summed E-state index contributed by atoms with van der Waals surface area (Å²) >= 11 is 0. The number of hydrogen-bond donors (Lipinski definition) is 0. The molecule has 0 heteroatoms. The van der Waals surface area contributed by atoms with Crippen LogP contribution in [0.15, 0.2) is 42.5 Å². The standard InChI is InChI=1S/C19H18/c1-19(2,3)13-12-14-10-11-16-7-4-6-15-8-5-9-17(14)18(15)16/h4-10H,11H2,1-3H3. The molecule has 0 nitrogen and oxygen atoms in total. The second kappa shape index (κ2) is 4.28. The second-order valence-electron chi connectivity index (χ2n) is 6.14. The van der Waals surface area contributed by atoms with Crippen molar-refractivity contribution in [1.29, 1.82) is 0 Å². The minimum absolute atomic E-state index is 0.0473. The van der Waals surface area contributed by atoms with Crippen LogP contribution in [-0.2, 0) is 6.42 Å². The number of hydrogen-bond acceptors (Lipinski definition) is 0. The molecule has 19 heavy (non-hydrogen) atoms. The molecule has 0 spiro atoms. The molecule has 0 aliphatic heterocycles. The van der Waals surface area contributed by atoms with Crippen molar-refractivity contribution >= 4 is 16.3 Å². The van der Waals surface area contributed by atoms with Crippen molar-refractivity contribution in [2.75, 3.05) is 0 Å². The third kappa shape index (κ3) is 2.29. The molecule has 0 N–H and O–H groups in total. The Morgan fingerprint density at radius 1 is 1.00 bits per heavy atom. The largest absolute Gasteiger partial charge is 0.0919 e. The van der Waals surface area contributed by atoms with Crippen LogP contribution in [-0.4, -0.2) is 0 Å². The Bertz CT molecular complexity index is 723. The van der Waals surface area contributed by atoms with Gasteiger partial charge in [-0.2, -0.15) is 0 Å². The Labute approximate surface area is 115 Å². The van der Waals surface area contributed by atoms with Crippen molar-refractivity contribution in [3.63, 3.8) is 0 Å². The highest BCUT2D eigenvalue weighted by Gasteiger charge is 2.13. The zero-order valence-corrected chi connectivity index (χ0v) is 11.7. The molecule has 2 aromatic carbocycles. The average molecular weight is 246 g/mol. The fraction of sp³-hybridized carbons (Fsp3) is 0.263. The van der Waals surface area contributed by atoms with Crippen LogP contribution in [0.4, 0.5) is 0 Å². The van der Waals surface area contributed by atoms with Crippen LogP contribution in [0, 0.1) is 17.3 Å². The van der Waals surface area contributed by atoms with Crippen molar-refractivity contribution in [3.05, 3.63) is 53.6 Å². The highest BCUT2D eigenvalue weighted by Crippen LogP contribution is 2.32. The lowest BCUT2D eigenvalue weighted by Gasteiger charge is -2.16. The maximum Gasteiger partial charge on any atom is 0.0287 e. The minimum atomic E-state index is 0.0473. The van der Waals surface area contributed by atoms with Gasteiger partial charge in [0.15, 0.2) is 0 Å². The second-order valence-corrected chi connectivity index (χ2v) is 6.14. The van der Waals surface area contributed by atoms with Crippen molar-refractivity contribution in [3.8, 4) is 11.8 Å². The first-order chi connectivity index (χ1) is 9.04. The molecule has 0 aromatic heterocycles. The average Bonchev–Trinajstić information content (AvgIpc) is 2.37. The summed E-state index contributed by atoms with van der Waals surface area (Å²) in [6, 6.07) is 13.0. The van der Waals surface area contributed by atoms with Gasteiger partial charge in [-0.05, 0) is 49.1 Å². The van der Waals surface area contributed by atoms with Gasteiger partial charge < -0.3 is 0 Å². The van der Waals surface area contributed by atoms with E-state index >= 15 is 0 Å². The summed E-state index contributed by atoms with van der Waals surface area (Å²) in [5.74, 6) is 6.72. The van der Waals surface area contributed by atoms with Gasteiger partial charge in [-0.1, -0.05) is 54.3 Å². The zero-order chi connectivity index (χ0) is 13.5. The van der Waals surface area contributed by atoms with Crippen LogP contribution in [0.5, 0.6) is 0 Å². The molecular weight excluding hydrogens is 228 g/mol. The first-order valence-corrected chi connectivity index (χ1v) is 6.79. The maximum absolute atomic E-state index is 3.37.